The summed E-state index contributed by atoms with van der Waals surface area (Å²) >= 11 is 0. The number of hydrogen-bond donors (Lipinski definition) is 2. The number of hydrogen-bond acceptors (Lipinski definition) is 3. The summed E-state index contributed by atoms with van der Waals surface area (Å²) in [7, 11) is 3.94. The van der Waals surface area contributed by atoms with Crippen molar-refractivity contribution in [2.24, 2.45) is 0 Å². The minimum atomic E-state index is -1.32. The summed E-state index contributed by atoms with van der Waals surface area (Å²) in [5.41, 5.74) is 1.95. The number of carboxylic acid groups (broad SMARTS) is 1. The third-order valence-corrected chi connectivity index (χ3v) is 2.20. The van der Waals surface area contributed by atoms with E-state index in [1.807, 2.05) is 43.3 Å². The van der Waals surface area contributed by atoms with E-state index >= 15 is 0 Å². The molecule has 2 N–H and O–H groups in total. The quantitative estimate of drug-likeness (QED) is 0.772. The largest absolute Gasteiger partial charge is 0.479 e. The third-order valence-electron chi connectivity index (χ3n) is 2.20. The number of rotatable bonds is 5. The number of benzene rings is 1. The van der Waals surface area contributed by atoms with E-state index in [-0.39, 0.29) is 6.42 Å². The molecule has 16 heavy (non-hydrogen) atoms. The van der Waals surface area contributed by atoms with Crippen LogP contribution in [0, 0.1) is 0 Å². The summed E-state index contributed by atoms with van der Waals surface area (Å²) < 4.78 is 0. The van der Waals surface area contributed by atoms with E-state index in [2.05, 4.69) is 0 Å². The van der Waals surface area contributed by atoms with Gasteiger partial charge in [0.1, 0.15) is 0 Å². The van der Waals surface area contributed by atoms with Gasteiger partial charge in [-0.05, 0) is 25.2 Å². The van der Waals surface area contributed by atoms with Crippen LogP contribution in [0.25, 0.3) is 0 Å². The highest BCUT2D eigenvalue weighted by Gasteiger charge is 2.13. The molecule has 0 saturated carbocycles. The van der Waals surface area contributed by atoms with Crippen molar-refractivity contribution in [3.63, 3.8) is 0 Å². The average Bonchev–Trinajstić information content (AvgIpc) is 2.16. The van der Waals surface area contributed by atoms with Gasteiger partial charge < -0.3 is 15.1 Å². The van der Waals surface area contributed by atoms with Crippen molar-refractivity contribution in [3.8, 4) is 0 Å². The van der Waals surface area contributed by atoms with E-state index in [4.69, 9.17) is 5.11 Å². The van der Waals surface area contributed by atoms with Crippen molar-refractivity contribution >= 4 is 5.97 Å². The Balaban J connectivity index is 2.70. The van der Waals surface area contributed by atoms with Crippen LogP contribution < -0.4 is 0 Å². The minimum absolute atomic E-state index is 0.149. The zero-order valence-electron chi connectivity index (χ0n) is 9.55. The Hall–Kier alpha value is -1.39. The Bertz CT molecular complexity index is 363. The van der Waals surface area contributed by atoms with Crippen LogP contribution in [0.15, 0.2) is 24.3 Å². The predicted molar refractivity (Wildman–Crippen MR) is 61.2 cm³/mol. The molecule has 1 atom stereocenters. The molecule has 1 aromatic carbocycles. The second kappa shape index (κ2) is 5.63. The van der Waals surface area contributed by atoms with E-state index in [1.54, 1.807) is 0 Å². The first-order valence-corrected chi connectivity index (χ1v) is 5.12. The molecule has 0 aliphatic heterocycles. The molecule has 0 radical (unpaired) electrons. The first kappa shape index (κ1) is 12.7. The molecule has 0 aliphatic rings. The lowest BCUT2D eigenvalue weighted by Gasteiger charge is -2.11. The Morgan fingerprint density at radius 1 is 1.38 bits per heavy atom. The first-order valence-electron chi connectivity index (χ1n) is 5.12. The number of carboxylic acids is 1. The van der Waals surface area contributed by atoms with E-state index in [9.17, 15) is 9.90 Å². The second-order valence-corrected chi connectivity index (χ2v) is 4.12. The summed E-state index contributed by atoms with van der Waals surface area (Å²) in [5.74, 6) is -1.18. The van der Waals surface area contributed by atoms with Gasteiger partial charge in [-0.3, -0.25) is 0 Å². The smallest absolute Gasteiger partial charge is 0.332 e. The normalized spacial score (nSPS) is 12.8. The zero-order valence-corrected chi connectivity index (χ0v) is 9.55. The molecule has 0 bridgehead atoms. The van der Waals surface area contributed by atoms with Crippen molar-refractivity contribution in [2.75, 3.05) is 14.1 Å². The molecule has 0 saturated heterocycles. The van der Waals surface area contributed by atoms with Gasteiger partial charge >= 0.3 is 5.97 Å². The molecule has 1 rings (SSSR count). The van der Waals surface area contributed by atoms with Gasteiger partial charge in [0.15, 0.2) is 6.10 Å². The van der Waals surface area contributed by atoms with E-state index in [1.165, 1.54) is 0 Å². The highest BCUT2D eigenvalue weighted by molar-refractivity contribution is 5.72. The number of carbonyl (C=O) groups is 1. The van der Waals surface area contributed by atoms with Crippen molar-refractivity contribution in [1.82, 2.24) is 4.90 Å². The summed E-state index contributed by atoms with van der Waals surface area (Å²) in [5, 5.41) is 17.8. The lowest BCUT2D eigenvalue weighted by Crippen LogP contribution is -2.22. The van der Waals surface area contributed by atoms with Gasteiger partial charge in [0.05, 0.1) is 0 Å². The highest BCUT2D eigenvalue weighted by Crippen LogP contribution is 2.09. The van der Waals surface area contributed by atoms with Crippen LogP contribution in [0.2, 0.25) is 0 Å². The monoisotopic (exact) mass is 223 g/mol. The second-order valence-electron chi connectivity index (χ2n) is 4.12. The van der Waals surface area contributed by atoms with Gasteiger partial charge in [0.2, 0.25) is 0 Å². The molecule has 88 valence electrons. The van der Waals surface area contributed by atoms with Crippen molar-refractivity contribution < 1.29 is 15.0 Å². The predicted octanol–water partition coefficient (Wildman–Crippen LogP) is 0.736. The summed E-state index contributed by atoms with van der Waals surface area (Å²) in [6.45, 7) is 0.803. The number of aliphatic carboxylic acids is 1. The summed E-state index contributed by atoms with van der Waals surface area (Å²) in [4.78, 5) is 12.5. The third kappa shape index (κ3) is 4.00. The Kier molecular flexibility index (Phi) is 4.46. The molecule has 1 aromatic rings. The first-order chi connectivity index (χ1) is 7.49. The van der Waals surface area contributed by atoms with Crippen LogP contribution in [0.3, 0.4) is 0 Å². The average molecular weight is 223 g/mol. The Labute approximate surface area is 95.1 Å². The van der Waals surface area contributed by atoms with Crippen LogP contribution in [-0.4, -0.2) is 41.3 Å². The molecule has 0 spiro atoms. The van der Waals surface area contributed by atoms with Gasteiger partial charge in [-0.15, -0.1) is 0 Å². The minimum Gasteiger partial charge on any atom is -0.479 e. The number of aliphatic hydroxyl groups is 1. The molecule has 0 fully saturated rings. The molecule has 1 unspecified atom stereocenters. The van der Waals surface area contributed by atoms with Crippen LogP contribution >= 0.6 is 0 Å². The molecule has 0 amide bonds. The van der Waals surface area contributed by atoms with Crippen molar-refractivity contribution in [1.29, 1.82) is 0 Å². The fraction of sp³-hybridized carbons (Fsp3) is 0.417. The number of aliphatic hydroxyl groups excluding tert-OH is 1. The van der Waals surface area contributed by atoms with Crippen LogP contribution in [0.5, 0.6) is 0 Å². The fourth-order valence-electron chi connectivity index (χ4n) is 1.53. The van der Waals surface area contributed by atoms with E-state index in [0.29, 0.717) is 0 Å². The molecular formula is C12H17NO3. The van der Waals surface area contributed by atoms with Gasteiger partial charge in [-0.25, -0.2) is 4.79 Å². The van der Waals surface area contributed by atoms with Gasteiger partial charge in [-0.2, -0.15) is 0 Å². The summed E-state index contributed by atoms with van der Waals surface area (Å²) in [6, 6.07) is 7.61. The highest BCUT2D eigenvalue weighted by atomic mass is 16.4. The standard InChI is InChI=1S/C12H17NO3/c1-13(2)8-10-5-3-4-9(6-10)7-11(14)12(15)16/h3-6,11,14H,7-8H2,1-2H3,(H,15,16). The maximum absolute atomic E-state index is 10.5. The maximum Gasteiger partial charge on any atom is 0.332 e. The molecular weight excluding hydrogens is 206 g/mol. The maximum atomic E-state index is 10.5. The van der Waals surface area contributed by atoms with Crippen LogP contribution in [0.4, 0.5) is 0 Å². The molecule has 4 nitrogen and oxygen atoms in total. The molecule has 0 aromatic heterocycles. The molecule has 4 heteroatoms. The lowest BCUT2D eigenvalue weighted by molar-refractivity contribution is -0.146. The van der Waals surface area contributed by atoms with Gasteiger partial charge in [0, 0.05) is 13.0 Å². The Morgan fingerprint density at radius 3 is 2.56 bits per heavy atom. The van der Waals surface area contributed by atoms with Crippen molar-refractivity contribution in [3.05, 3.63) is 35.4 Å². The molecule has 0 aliphatic carbocycles. The van der Waals surface area contributed by atoms with E-state index in [0.717, 1.165) is 17.7 Å². The Morgan fingerprint density at radius 2 is 2.00 bits per heavy atom. The zero-order chi connectivity index (χ0) is 12.1. The number of nitrogens with zero attached hydrogens (tertiary/aromatic N) is 1. The lowest BCUT2D eigenvalue weighted by atomic mass is 10.0. The van der Waals surface area contributed by atoms with E-state index < -0.39 is 12.1 Å². The van der Waals surface area contributed by atoms with Crippen molar-refractivity contribution in [2.45, 2.75) is 19.1 Å². The van der Waals surface area contributed by atoms with Gasteiger partial charge in [0.25, 0.3) is 0 Å². The SMILES string of the molecule is CN(C)Cc1cccc(CC(O)C(=O)O)c1. The van der Waals surface area contributed by atoms with Crippen LogP contribution in [0.1, 0.15) is 11.1 Å². The fourth-order valence-corrected chi connectivity index (χ4v) is 1.53. The summed E-state index contributed by atoms with van der Waals surface area (Å²) in [6.07, 6.45) is -1.18. The van der Waals surface area contributed by atoms with Crippen LogP contribution in [-0.2, 0) is 17.8 Å². The topological polar surface area (TPSA) is 60.8 Å². The van der Waals surface area contributed by atoms with Gasteiger partial charge in [-0.1, -0.05) is 24.3 Å². The molecule has 0 heterocycles.